The van der Waals surface area contributed by atoms with Crippen LogP contribution in [0.1, 0.15) is 41.4 Å². The van der Waals surface area contributed by atoms with Crippen LogP contribution in [0.15, 0.2) is 60.8 Å². The molecule has 2 N–H and O–H groups in total. The molecule has 3 aromatic rings. The molecule has 0 aliphatic rings. The molecule has 0 saturated heterocycles. The van der Waals surface area contributed by atoms with Crippen LogP contribution >= 0.6 is 0 Å². The van der Waals surface area contributed by atoms with Crippen LogP contribution in [0.25, 0.3) is 0 Å². The van der Waals surface area contributed by atoms with Gasteiger partial charge in [0.2, 0.25) is 5.95 Å². The van der Waals surface area contributed by atoms with E-state index in [4.69, 9.17) is 4.74 Å². The van der Waals surface area contributed by atoms with Crippen LogP contribution in [-0.4, -0.2) is 23.0 Å². The van der Waals surface area contributed by atoms with Gasteiger partial charge in [0, 0.05) is 24.0 Å². The number of para-hydroxylation sites is 2. The van der Waals surface area contributed by atoms with Gasteiger partial charge in [-0.25, -0.2) is 9.97 Å². The first-order chi connectivity index (χ1) is 13.6. The highest BCUT2D eigenvalue weighted by atomic mass is 16.5. The summed E-state index contributed by atoms with van der Waals surface area (Å²) in [5.74, 6) is 1.21. The summed E-state index contributed by atoms with van der Waals surface area (Å²) in [6, 6.07) is 17.1. The molecule has 1 heterocycles. The zero-order valence-electron chi connectivity index (χ0n) is 16.3. The van der Waals surface area contributed by atoms with Gasteiger partial charge in [-0.1, -0.05) is 50.2 Å². The Balaban J connectivity index is 1.72. The van der Waals surface area contributed by atoms with Gasteiger partial charge in [-0.15, -0.1) is 0 Å². The molecular formula is C22H24N4O2. The number of benzene rings is 2. The van der Waals surface area contributed by atoms with Crippen molar-refractivity contribution in [2.45, 2.75) is 26.3 Å². The smallest absolute Gasteiger partial charge is 0.274 e. The molecule has 0 spiro atoms. The van der Waals surface area contributed by atoms with E-state index in [-0.39, 0.29) is 5.91 Å². The highest BCUT2D eigenvalue weighted by Crippen LogP contribution is 2.24. The number of carbonyl (C=O) groups excluding carboxylic acids is 1. The van der Waals surface area contributed by atoms with Crippen LogP contribution in [-0.2, 0) is 6.54 Å². The fraction of sp³-hybridized carbons (Fsp3) is 0.227. The van der Waals surface area contributed by atoms with Crippen LogP contribution in [0.3, 0.4) is 0 Å². The molecule has 0 aliphatic heterocycles. The van der Waals surface area contributed by atoms with Crippen molar-refractivity contribution in [3.8, 4) is 5.75 Å². The predicted octanol–water partition coefficient (Wildman–Crippen LogP) is 4.47. The Morgan fingerprint density at radius 1 is 1.07 bits per heavy atom. The second kappa shape index (κ2) is 8.99. The summed E-state index contributed by atoms with van der Waals surface area (Å²) >= 11 is 0. The van der Waals surface area contributed by atoms with Crippen molar-refractivity contribution in [2.75, 3.05) is 17.7 Å². The van der Waals surface area contributed by atoms with E-state index in [2.05, 4.69) is 34.4 Å². The van der Waals surface area contributed by atoms with E-state index in [1.54, 1.807) is 19.4 Å². The predicted molar refractivity (Wildman–Crippen MR) is 111 cm³/mol. The van der Waals surface area contributed by atoms with Crippen molar-refractivity contribution in [3.63, 3.8) is 0 Å². The van der Waals surface area contributed by atoms with E-state index >= 15 is 0 Å². The SMILES string of the molecule is COc1ccccc1CNc1nccc(C(=O)Nc2ccccc2C(C)C)n1. The van der Waals surface area contributed by atoms with Gasteiger partial charge in [0.25, 0.3) is 5.91 Å². The first-order valence-electron chi connectivity index (χ1n) is 9.17. The van der Waals surface area contributed by atoms with Gasteiger partial charge in [0.05, 0.1) is 7.11 Å². The maximum absolute atomic E-state index is 12.7. The Hall–Kier alpha value is -3.41. The maximum Gasteiger partial charge on any atom is 0.274 e. The van der Waals surface area contributed by atoms with Gasteiger partial charge < -0.3 is 15.4 Å². The van der Waals surface area contributed by atoms with Gasteiger partial charge >= 0.3 is 0 Å². The summed E-state index contributed by atoms with van der Waals surface area (Å²) < 4.78 is 5.35. The fourth-order valence-corrected chi connectivity index (χ4v) is 2.89. The van der Waals surface area contributed by atoms with Gasteiger partial charge in [-0.05, 0) is 29.7 Å². The lowest BCUT2D eigenvalue weighted by Gasteiger charge is -2.13. The molecule has 0 unspecified atom stereocenters. The second-order valence-electron chi connectivity index (χ2n) is 6.63. The van der Waals surface area contributed by atoms with E-state index in [0.717, 1.165) is 22.6 Å². The van der Waals surface area contributed by atoms with Crippen LogP contribution in [0.4, 0.5) is 11.6 Å². The minimum absolute atomic E-state index is 0.268. The Bertz CT molecular complexity index is 957. The maximum atomic E-state index is 12.7. The van der Waals surface area contributed by atoms with Crippen molar-refractivity contribution in [1.82, 2.24) is 9.97 Å². The van der Waals surface area contributed by atoms with Crippen molar-refractivity contribution >= 4 is 17.5 Å². The Kier molecular flexibility index (Phi) is 6.22. The summed E-state index contributed by atoms with van der Waals surface area (Å²) in [5, 5.41) is 6.09. The molecule has 2 aromatic carbocycles. The Labute approximate surface area is 165 Å². The summed E-state index contributed by atoms with van der Waals surface area (Å²) in [7, 11) is 1.63. The van der Waals surface area contributed by atoms with Gasteiger partial charge in [0.1, 0.15) is 11.4 Å². The third-order valence-electron chi connectivity index (χ3n) is 4.35. The number of carbonyl (C=O) groups is 1. The third-order valence-corrected chi connectivity index (χ3v) is 4.35. The molecule has 0 aliphatic carbocycles. The number of methoxy groups -OCH3 is 1. The quantitative estimate of drug-likeness (QED) is 0.636. The van der Waals surface area contributed by atoms with Crippen molar-refractivity contribution < 1.29 is 9.53 Å². The number of nitrogens with zero attached hydrogens (tertiary/aromatic N) is 2. The number of hydrogen-bond acceptors (Lipinski definition) is 5. The number of nitrogens with one attached hydrogen (secondary N) is 2. The molecular weight excluding hydrogens is 352 g/mol. The Morgan fingerprint density at radius 3 is 2.61 bits per heavy atom. The molecule has 6 heteroatoms. The molecule has 3 rings (SSSR count). The summed E-state index contributed by atoms with van der Waals surface area (Å²) in [5.41, 5.74) is 3.16. The minimum atomic E-state index is -0.268. The molecule has 144 valence electrons. The van der Waals surface area contributed by atoms with E-state index in [1.807, 2.05) is 48.5 Å². The summed E-state index contributed by atoms with van der Waals surface area (Å²) in [4.78, 5) is 21.2. The molecule has 0 atom stereocenters. The molecule has 1 amide bonds. The normalized spacial score (nSPS) is 10.6. The lowest BCUT2D eigenvalue weighted by atomic mass is 10.0. The average molecular weight is 376 g/mol. The number of hydrogen-bond donors (Lipinski definition) is 2. The second-order valence-corrected chi connectivity index (χ2v) is 6.63. The van der Waals surface area contributed by atoms with Gasteiger partial charge in [0.15, 0.2) is 0 Å². The highest BCUT2D eigenvalue weighted by Gasteiger charge is 2.13. The van der Waals surface area contributed by atoms with Crippen LogP contribution in [0, 0.1) is 0 Å². The summed E-state index contributed by atoms with van der Waals surface area (Å²) in [6.45, 7) is 4.68. The lowest BCUT2D eigenvalue weighted by molar-refractivity contribution is 0.102. The largest absolute Gasteiger partial charge is 0.496 e. The third kappa shape index (κ3) is 4.65. The van der Waals surface area contributed by atoms with Crippen LogP contribution in [0.5, 0.6) is 5.75 Å². The van der Waals surface area contributed by atoms with Gasteiger partial charge in [-0.3, -0.25) is 4.79 Å². The molecule has 0 saturated carbocycles. The van der Waals surface area contributed by atoms with Crippen LogP contribution < -0.4 is 15.4 Å². The van der Waals surface area contributed by atoms with E-state index in [1.165, 1.54) is 0 Å². The highest BCUT2D eigenvalue weighted by molar-refractivity contribution is 6.03. The average Bonchev–Trinajstić information content (AvgIpc) is 2.73. The van der Waals surface area contributed by atoms with Crippen molar-refractivity contribution in [3.05, 3.63) is 77.6 Å². The lowest BCUT2D eigenvalue weighted by Crippen LogP contribution is -2.16. The molecule has 0 radical (unpaired) electrons. The minimum Gasteiger partial charge on any atom is -0.496 e. The number of anilines is 2. The fourth-order valence-electron chi connectivity index (χ4n) is 2.89. The monoisotopic (exact) mass is 376 g/mol. The van der Waals surface area contributed by atoms with E-state index in [9.17, 15) is 4.79 Å². The van der Waals surface area contributed by atoms with Crippen molar-refractivity contribution in [1.29, 1.82) is 0 Å². The van der Waals surface area contributed by atoms with E-state index in [0.29, 0.717) is 24.1 Å². The molecule has 6 nitrogen and oxygen atoms in total. The van der Waals surface area contributed by atoms with Crippen LogP contribution in [0.2, 0.25) is 0 Å². The van der Waals surface area contributed by atoms with Gasteiger partial charge in [-0.2, -0.15) is 0 Å². The first-order valence-corrected chi connectivity index (χ1v) is 9.17. The summed E-state index contributed by atoms with van der Waals surface area (Å²) in [6.07, 6.45) is 1.57. The first kappa shape index (κ1) is 19.4. The zero-order valence-corrected chi connectivity index (χ0v) is 16.3. The molecule has 1 aromatic heterocycles. The van der Waals surface area contributed by atoms with Crippen molar-refractivity contribution in [2.24, 2.45) is 0 Å². The number of amides is 1. The molecule has 28 heavy (non-hydrogen) atoms. The number of ether oxygens (including phenoxy) is 1. The number of rotatable bonds is 7. The molecule has 0 bridgehead atoms. The number of aromatic nitrogens is 2. The standard InChI is InChI=1S/C22H24N4O2/c1-15(2)17-9-5-6-10-18(17)25-21(27)19-12-13-23-22(26-19)24-14-16-8-4-7-11-20(16)28-3/h4-13,15H,14H2,1-3H3,(H,25,27)(H,23,24,26). The van der Waals surface area contributed by atoms with E-state index < -0.39 is 0 Å². The topological polar surface area (TPSA) is 76.1 Å². The zero-order chi connectivity index (χ0) is 19.9. The Morgan fingerprint density at radius 2 is 1.82 bits per heavy atom. The molecule has 0 fully saturated rings.